The number of rotatable bonds is 7. The summed E-state index contributed by atoms with van der Waals surface area (Å²) in [5, 5.41) is 0. The van der Waals surface area contributed by atoms with E-state index in [2.05, 4.69) is 4.72 Å². The van der Waals surface area contributed by atoms with Crippen molar-refractivity contribution in [1.82, 2.24) is 4.72 Å². The number of halogens is 1. The lowest BCUT2D eigenvalue weighted by molar-refractivity contribution is 0.406. The van der Waals surface area contributed by atoms with Crippen LogP contribution in [-0.2, 0) is 16.4 Å². The van der Waals surface area contributed by atoms with Gasteiger partial charge in [-0.25, -0.2) is 17.5 Å². The predicted octanol–water partition coefficient (Wildman–Crippen LogP) is 3.79. The molecule has 0 fully saturated rings. The molecule has 0 aliphatic rings. The number of nitrogens with one attached hydrogen (secondary N) is 1. The summed E-state index contributed by atoms with van der Waals surface area (Å²) in [6.45, 7) is 5.98. The predicted molar refractivity (Wildman–Crippen MR) is 97.1 cm³/mol. The van der Waals surface area contributed by atoms with Gasteiger partial charge in [0.05, 0.1) is 12.0 Å². The molecule has 136 valence electrons. The molecule has 0 unspecified atom stereocenters. The first kappa shape index (κ1) is 19.4. The second kappa shape index (κ2) is 7.97. The van der Waals surface area contributed by atoms with E-state index in [1.165, 1.54) is 12.1 Å². The van der Waals surface area contributed by atoms with Gasteiger partial charge in [-0.3, -0.25) is 0 Å². The number of aryl methyl sites for hydroxylation is 1. The monoisotopic (exact) mass is 365 g/mol. The van der Waals surface area contributed by atoms with Crippen LogP contribution in [0.1, 0.15) is 36.5 Å². The van der Waals surface area contributed by atoms with Crippen molar-refractivity contribution in [2.45, 2.75) is 38.0 Å². The molecule has 1 N–H and O–H groups in total. The maximum atomic E-state index is 12.9. The molecule has 2 aromatic carbocycles. The zero-order valence-corrected chi connectivity index (χ0v) is 15.8. The molecule has 0 amide bonds. The number of methoxy groups -OCH3 is 1. The molecule has 4 nitrogen and oxygen atoms in total. The van der Waals surface area contributed by atoms with Gasteiger partial charge in [0.1, 0.15) is 11.6 Å². The summed E-state index contributed by atoms with van der Waals surface area (Å²) in [7, 11) is -2.05. The molecule has 0 radical (unpaired) electrons. The normalized spacial score (nSPS) is 11.8. The van der Waals surface area contributed by atoms with Crippen LogP contribution >= 0.6 is 0 Å². The lowest BCUT2D eigenvalue weighted by atomic mass is 10.0. The summed E-state index contributed by atoms with van der Waals surface area (Å²) in [6, 6.07) is 9.47. The topological polar surface area (TPSA) is 55.4 Å². The number of benzene rings is 2. The number of hydrogen-bond acceptors (Lipinski definition) is 3. The van der Waals surface area contributed by atoms with Crippen molar-refractivity contribution in [2.24, 2.45) is 0 Å². The minimum Gasteiger partial charge on any atom is -0.496 e. The van der Waals surface area contributed by atoms with Crippen molar-refractivity contribution in [3.8, 4) is 5.75 Å². The first-order valence-electron chi connectivity index (χ1n) is 8.17. The van der Waals surface area contributed by atoms with Crippen LogP contribution in [0.3, 0.4) is 0 Å². The first-order chi connectivity index (χ1) is 11.7. The Morgan fingerprint density at radius 2 is 1.80 bits per heavy atom. The summed E-state index contributed by atoms with van der Waals surface area (Å²) in [5.74, 6) is 0.529. The minimum absolute atomic E-state index is 0.142. The highest BCUT2D eigenvalue weighted by atomic mass is 32.2. The Morgan fingerprint density at radius 1 is 1.16 bits per heavy atom. The van der Waals surface area contributed by atoms with Gasteiger partial charge in [0.2, 0.25) is 10.0 Å². The molecule has 0 aromatic heterocycles. The molecular formula is C19H24FNO3S. The molecule has 6 heteroatoms. The Balaban J connectivity index is 2.18. The lowest BCUT2D eigenvalue weighted by Crippen LogP contribution is -2.27. The molecule has 0 aliphatic heterocycles. The van der Waals surface area contributed by atoms with E-state index >= 15 is 0 Å². The second-order valence-electron chi connectivity index (χ2n) is 6.29. The van der Waals surface area contributed by atoms with Crippen LogP contribution in [0.15, 0.2) is 41.3 Å². The molecule has 0 heterocycles. The Bertz CT molecular complexity index is 830. The molecular weight excluding hydrogens is 341 g/mol. The SMILES string of the molecule is COc1cc(C)c(S(=O)(=O)NCCc2ccc(F)cc2)cc1C(C)C. The van der Waals surface area contributed by atoms with Crippen LogP contribution in [0.2, 0.25) is 0 Å². The standard InChI is InChI=1S/C19H24FNO3S/c1-13(2)17-12-19(14(3)11-18(17)24-4)25(22,23)21-10-9-15-5-7-16(20)8-6-15/h5-8,11-13,21H,9-10H2,1-4H3. The smallest absolute Gasteiger partial charge is 0.240 e. The maximum absolute atomic E-state index is 12.9. The van der Waals surface area contributed by atoms with Gasteiger partial charge in [0.15, 0.2) is 0 Å². The van der Waals surface area contributed by atoms with E-state index < -0.39 is 10.0 Å². The van der Waals surface area contributed by atoms with Crippen molar-refractivity contribution in [1.29, 1.82) is 0 Å². The van der Waals surface area contributed by atoms with E-state index in [0.29, 0.717) is 17.7 Å². The quantitative estimate of drug-likeness (QED) is 0.812. The number of sulfonamides is 1. The van der Waals surface area contributed by atoms with Gasteiger partial charge in [-0.1, -0.05) is 26.0 Å². The molecule has 0 bridgehead atoms. The van der Waals surface area contributed by atoms with Crippen molar-refractivity contribution < 1.29 is 17.5 Å². The van der Waals surface area contributed by atoms with E-state index in [9.17, 15) is 12.8 Å². The summed E-state index contributed by atoms with van der Waals surface area (Å²) in [4.78, 5) is 0.260. The zero-order chi connectivity index (χ0) is 18.6. The van der Waals surface area contributed by atoms with Gasteiger partial charge in [-0.2, -0.15) is 0 Å². The van der Waals surface area contributed by atoms with E-state index in [0.717, 1.165) is 11.1 Å². The molecule has 25 heavy (non-hydrogen) atoms. The van der Waals surface area contributed by atoms with E-state index in [1.54, 1.807) is 38.3 Å². The molecule has 0 aliphatic carbocycles. The van der Waals surface area contributed by atoms with Crippen molar-refractivity contribution in [3.63, 3.8) is 0 Å². The molecule has 0 spiro atoms. The Kier molecular flexibility index (Phi) is 6.19. The fraction of sp³-hybridized carbons (Fsp3) is 0.368. The van der Waals surface area contributed by atoms with Crippen LogP contribution in [0.5, 0.6) is 5.75 Å². The highest BCUT2D eigenvalue weighted by Crippen LogP contribution is 2.31. The Hall–Kier alpha value is -1.92. The highest BCUT2D eigenvalue weighted by molar-refractivity contribution is 7.89. The van der Waals surface area contributed by atoms with Gasteiger partial charge >= 0.3 is 0 Å². The summed E-state index contributed by atoms with van der Waals surface area (Å²) >= 11 is 0. The highest BCUT2D eigenvalue weighted by Gasteiger charge is 2.20. The van der Waals surface area contributed by atoms with Crippen molar-refractivity contribution in [2.75, 3.05) is 13.7 Å². The molecule has 2 rings (SSSR count). The van der Waals surface area contributed by atoms with E-state index in [-0.39, 0.29) is 23.2 Å². The van der Waals surface area contributed by atoms with Crippen molar-refractivity contribution >= 4 is 10.0 Å². The fourth-order valence-corrected chi connectivity index (χ4v) is 3.94. The van der Waals surface area contributed by atoms with Gasteiger partial charge in [0, 0.05) is 6.54 Å². The van der Waals surface area contributed by atoms with Crippen molar-refractivity contribution in [3.05, 3.63) is 58.9 Å². The van der Waals surface area contributed by atoms with Gasteiger partial charge < -0.3 is 4.74 Å². The third-order valence-corrected chi connectivity index (χ3v) is 5.66. The lowest BCUT2D eigenvalue weighted by Gasteiger charge is -2.16. The minimum atomic E-state index is -3.63. The molecule has 0 atom stereocenters. The summed E-state index contributed by atoms with van der Waals surface area (Å²) in [6.07, 6.45) is 0.492. The van der Waals surface area contributed by atoms with Crippen LogP contribution in [-0.4, -0.2) is 22.1 Å². The van der Waals surface area contributed by atoms with E-state index in [4.69, 9.17) is 4.74 Å². The maximum Gasteiger partial charge on any atom is 0.240 e. The zero-order valence-electron chi connectivity index (χ0n) is 15.0. The average molecular weight is 365 g/mol. The van der Waals surface area contributed by atoms with E-state index in [1.807, 2.05) is 13.8 Å². The van der Waals surface area contributed by atoms with Crippen LogP contribution in [0.4, 0.5) is 4.39 Å². The Morgan fingerprint density at radius 3 is 2.36 bits per heavy atom. The van der Waals surface area contributed by atoms with Gasteiger partial charge in [-0.05, 0) is 60.2 Å². The third kappa shape index (κ3) is 4.80. The first-order valence-corrected chi connectivity index (χ1v) is 9.65. The molecule has 0 saturated carbocycles. The molecule has 2 aromatic rings. The van der Waals surface area contributed by atoms with Crippen LogP contribution < -0.4 is 9.46 Å². The number of ether oxygens (including phenoxy) is 1. The summed E-state index contributed by atoms with van der Waals surface area (Å²) < 4.78 is 46.2. The van der Waals surface area contributed by atoms with Crippen LogP contribution in [0, 0.1) is 12.7 Å². The summed E-state index contributed by atoms with van der Waals surface area (Å²) in [5.41, 5.74) is 2.36. The fourth-order valence-electron chi connectivity index (χ4n) is 2.65. The van der Waals surface area contributed by atoms with Gasteiger partial charge in [-0.15, -0.1) is 0 Å². The average Bonchev–Trinajstić information content (AvgIpc) is 2.55. The third-order valence-electron chi connectivity index (χ3n) is 4.06. The van der Waals surface area contributed by atoms with Crippen LogP contribution in [0.25, 0.3) is 0 Å². The Labute approximate surface area is 149 Å². The second-order valence-corrected chi connectivity index (χ2v) is 8.02. The molecule has 0 saturated heterocycles. The number of hydrogen-bond donors (Lipinski definition) is 1. The largest absolute Gasteiger partial charge is 0.496 e. The van der Waals surface area contributed by atoms with Gasteiger partial charge in [0.25, 0.3) is 0 Å².